The van der Waals surface area contributed by atoms with Gasteiger partial charge in [0.15, 0.2) is 5.96 Å². The van der Waals surface area contributed by atoms with E-state index in [0.29, 0.717) is 37.7 Å². The molecular weight excluding hydrogens is 328 g/mol. The highest BCUT2D eigenvalue weighted by Gasteiger charge is 2.28. The first-order valence-corrected chi connectivity index (χ1v) is 9.90. The van der Waals surface area contributed by atoms with Crippen molar-refractivity contribution in [2.75, 3.05) is 29.8 Å². The first kappa shape index (κ1) is 17.0. The molecule has 0 radical (unpaired) electrons. The zero-order valence-corrected chi connectivity index (χ0v) is 14.5. The minimum absolute atomic E-state index is 0.223. The smallest absolute Gasteiger partial charge is 0.235 e. The average molecular weight is 352 g/mol. The molecule has 0 amide bonds. The van der Waals surface area contributed by atoms with Crippen molar-refractivity contribution in [1.82, 2.24) is 5.32 Å². The fourth-order valence-corrected chi connectivity index (χ4v) is 4.52. The second kappa shape index (κ2) is 7.40. The van der Waals surface area contributed by atoms with Gasteiger partial charge in [0.05, 0.1) is 24.1 Å². The second-order valence-corrected chi connectivity index (χ2v) is 8.14. The van der Waals surface area contributed by atoms with Crippen LogP contribution in [0.15, 0.2) is 29.3 Å². The first-order valence-electron chi connectivity index (χ1n) is 8.29. The fraction of sp³-hybridized carbons (Fsp3) is 0.562. The summed E-state index contributed by atoms with van der Waals surface area (Å²) in [5.74, 6) is 0.628. The molecule has 1 aromatic rings. The van der Waals surface area contributed by atoms with Crippen LogP contribution in [0.5, 0.6) is 0 Å². The highest BCUT2D eigenvalue weighted by atomic mass is 32.2. The van der Waals surface area contributed by atoms with E-state index in [1.165, 1.54) is 4.31 Å². The van der Waals surface area contributed by atoms with E-state index < -0.39 is 10.0 Å². The maximum absolute atomic E-state index is 11.9. The van der Waals surface area contributed by atoms with Crippen molar-refractivity contribution >= 4 is 21.7 Å². The lowest BCUT2D eigenvalue weighted by Gasteiger charge is -2.17. The molecule has 3 rings (SSSR count). The summed E-state index contributed by atoms with van der Waals surface area (Å²) in [6, 6.07) is 7.42. The molecule has 3 N–H and O–H groups in total. The Hall–Kier alpha value is -1.80. The van der Waals surface area contributed by atoms with E-state index in [1.54, 1.807) is 0 Å². The third kappa shape index (κ3) is 4.18. The Balaban J connectivity index is 1.53. The molecule has 2 aliphatic rings. The summed E-state index contributed by atoms with van der Waals surface area (Å²) in [5, 5.41) is 3.08. The van der Waals surface area contributed by atoms with Crippen molar-refractivity contribution in [2.45, 2.75) is 31.9 Å². The van der Waals surface area contributed by atoms with Crippen molar-refractivity contribution in [1.29, 1.82) is 0 Å². The number of sulfonamides is 1. The number of benzene rings is 1. The summed E-state index contributed by atoms with van der Waals surface area (Å²) >= 11 is 0. The van der Waals surface area contributed by atoms with Crippen molar-refractivity contribution in [2.24, 2.45) is 10.7 Å². The second-order valence-electron chi connectivity index (χ2n) is 6.13. The molecule has 7 nitrogen and oxygen atoms in total. The van der Waals surface area contributed by atoms with Crippen LogP contribution in [0, 0.1) is 0 Å². The van der Waals surface area contributed by atoms with Gasteiger partial charge < -0.3 is 15.8 Å². The van der Waals surface area contributed by atoms with Crippen LogP contribution in [0.3, 0.4) is 0 Å². The molecule has 1 aromatic carbocycles. The lowest BCUT2D eigenvalue weighted by Crippen LogP contribution is -2.37. The van der Waals surface area contributed by atoms with E-state index in [-0.39, 0.29) is 11.9 Å². The minimum Gasteiger partial charge on any atom is -0.376 e. The first-order chi connectivity index (χ1) is 11.5. The van der Waals surface area contributed by atoms with Crippen molar-refractivity contribution in [3.63, 3.8) is 0 Å². The molecule has 0 aromatic heterocycles. The van der Waals surface area contributed by atoms with Crippen LogP contribution < -0.4 is 15.4 Å². The van der Waals surface area contributed by atoms with Gasteiger partial charge in [-0.3, -0.25) is 4.31 Å². The van der Waals surface area contributed by atoms with Gasteiger partial charge in [0.2, 0.25) is 10.0 Å². The molecule has 2 aliphatic heterocycles. The van der Waals surface area contributed by atoms with Crippen molar-refractivity contribution < 1.29 is 13.2 Å². The van der Waals surface area contributed by atoms with Crippen LogP contribution in [0.2, 0.25) is 0 Å². The zero-order chi connectivity index (χ0) is 17.0. The Labute approximate surface area is 142 Å². The maximum Gasteiger partial charge on any atom is 0.235 e. The summed E-state index contributed by atoms with van der Waals surface area (Å²) in [6.07, 6.45) is 3.06. The predicted molar refractivity (Wildman–Crippen MR) is 94.5 cm³/mol. The highest BCUT2D eigenvalue weighted by Crippen LogP contribution is 2.24. The van der Waals surface area contributed by atoms with Gasteiger partial charge in [0.25, 0.3) is 0 Å². The molecule has 132 valence electrons. The number of nitrogens with two attached hydrogens (primary N) is 1. The number of nitrogens with zero attached hydrogens (tertiary/aromatic N) is 2. The molecule has 0 spiro atoms. The van der Waals surface area contributed by atoms with Crippen molar-refractivity contribution in [3.05, 3.63) is 29.8 Å². The molecule has 2 fully saturated rings. The van der Waals surface area contributed by atoms with Crippen LogP contribution in [-0.4, -0.2) is 45.9 Å². The van der Waals surface area contributed by atoms with E-state index in [2.05, 4.69) is 10.3 Å². The quantitative estimate of drug-likeness (QED) is 0.604. The summed E-state index contributed by atoms with van der Waals surface area (Å²) < 4.78 is 30.8. The largest absolute Gasteiger partial charge is 0.376 e. The fourth-order valence-electron chi connectivity index (χ4n) is 2.95. The third-order valence-electron chi connectivity index (χ3n) is 4.29. The van der Waals surface area contributed by atoms with Gasteiger partial charge in [0.1, 0.15) is 0 Å². The summed E-state index contributed by atoms with van der Waals surface area (Å²) in [7, 11) is -3.13. The van der Waals surface area contributed by atoms with Crippen LogP contribution >= 0.6 is 0 Å². The van der Waals surface area contributed by atoms with Gasteiger partial charge in [-0.15, -0.1) is 0 Å². The van der Waals surface area contributed by atoms with E-state index in [0.717, 1.165) is 25.0 Å². The molecular formula is C16H24N4O3S. The highest BCUT2D eigenvalue weighted by molar-refractivity contribution is 7.93. The number of rotatable bonds is 5. The van der Waals surface area contributed by atoms with Crippen LogP contribution in [0.4, 0.5) is 5.69 Å². The molecule has 0 aliphatic carbocycles. The number of nitrogens with one attached hydrogen (secondary N) is 1. The Morgan fingerprint density at radius 3 is 2.75 bits per heavy atom. The standard InChI is InChI=1S/C16H24N4O3S/c17-16(19-12-15-3-1-9-23-15)18-11-13-4-6-14(7-5-13)20-8-2-10-24(20,21)22/h4-7,15H,1-3,8-12H2,(H3,17,18,19). The Bertz CT molecular complexity index is 682. The molecule has 24 heavy (non-hydrogen) atoms. The van der Waals surface area contributed by atoms with Gasteiger partial charge in [-0.25, -0.2) is 13.4 Å². The predicted octanol–water partition coefficient (Wildman–Crippen LogP) is 0.810. The van der Waals surface area contributed by atoms with Gasteiger partial charge in [0, 0.05) is 19.7 Å². The Morgan fingerprint density at radius 2 is 2.12 bits per heavy atom. The third-order valence-corrected chi connectivity index (χ3v) is 6.16. The summed E-state index contributed by atoms with van der Waals surface area (Å²) in [4.78, 5) is 4.31. The van der Waals surface area contributed by atoms with Gasteiger partial charge in [-0.1, -0.05) is 12.1 Å². The number of guanidine groups is 1. The van der Waals surface area contributed by atoms with Gasteiger partial charge >= 0.3 is 0 Å². The van der Waals surface area contributed by atoms with Gasteiger partial charge in [-0.2, -0.15) is 0 Å². The minimum atomic E-state index is -3.13. The number of ether oxygens (including phenoxy) is 1. The molecule has 1 atom stereocenters. The summed E-state index contributed by atoms with van der Waals surface area (Å²) in [6.45, 7) is 2.51. The number of anilines is 1. The van der Waals surface area contributed by atoms with E-state index in [1.807, 2.05) is 24.3 Å². The Morgan fingerprint density at radius 1 is 1.33 bits per heavy atom. The molecule has 2 saturated heterocycles. The van der Waals surface area contributed by atoms with E-state index in [9.17, 15) is 8.42 Å². The zero-order valence-electron chi connectivity index (χ0n) is 13.6. The lowest BCUT2D eigenvalue weighted by molar-refractivity contribution is 0.114. The summed E-state index contributed by atoms with van der Waals surface area (Å²) in [5.41, 5.74) is 7.56. The molecule has 0 saturated carbocycles. The number of hydrogen-bond donors (Lipinski definition) is 2. The number of aliphatic imine (C=N–C) groups is 1. The normalized spacial score (nSPS) is 23.6. The van der Waals surface area contributed by atoms with E-state index in [4.69, 9.17) is 10.5 Å². The topological polar surface area (TPSA) is 97.0 Å². The van der Waals surface area contributed by atoms with E-state index >= 15 is 0 Å². The average Bonchev–Trinajstić information content (AvgIpc) is 3.20. The molecule has 2 heterocycles. The monoisotopic (exact) mass is 352 g/mol. The van der Waals surface area contributed by atoms with Gasteiger partial charge in [-0.05, 0) is 37.0 Å². The lowest BCUT2D eigenvalue weighted by atomic mass is 10.2. The van der Waals surface area contributed by atoms with Crippen LogP contribution in [0.1, 0.15) is 24.8 Å². The molecule has 8 heteroatoms. The van der Waals surface area contributed by atoms with Crippen LogP contribution in [0.25, 0.3) is 0 Å². The SMILES string of the molecule is NC(=NCc1ccc(N2CCCS2(=O)=O)cc1)NCC1CCCO1. The number of hydrogen-bond acceptors (Lipinski definition) is 4. The Kier molecular flexibility index (Phi) is 5.25. The molecule has 1 unspecified atom stereocenters. The molecule has 0 bridgehead atoms. The van der Waals surface area contributed by atoms with Crippen molar-refractivity contribution in [3.8, 4) is 0 Å². The van der Waals surface area contributed by atoms with Crippen LogP contribution in [-0.2, 0) is 21.3 Å². The maximum atomic E-state index is 11.9.